The fourth-order valence-electron chi connectivity index (χ4n) is 2.56. The van der Waals surface area contributed by atoms with Crippen LogP contribution >= 0.6 is 0 Å². The highest BCUT2D eigenvalue weighted by atomic mass is 16.5. The van der Waals surface area contributed by atoms with E-state index in [2.05, 4.69) is 20.6 Å². The van der Waals surface area contributed by atoms with Crippen LogP contribution < -0.4 is 11.1 Å². The van der Waals surface area contributed by atoms with Crippen molar-refractivity contribution in [2.75, 3.05) is 31.3 Å². The van der Waals surface area contributed by atoms with Crippen molar-refractivity contribution >= 4 is 28.3 Å². The van der Waals surface area contributed by atoms with E-state index < -0.39 is 0 Å². The van der Waals surface area contributed by atoms with Crippen LogP contribution in [0.5, 0.6) is 0 Å². The fourth-order valence-corrected chi connectivity index (χ4v) is 2.56. The SMILES string of the molecule is COCCNc1ccc2ncc(-c3ccc4onc(N)c4c3)n2n1. The molecule has 0 aliphatic carbocycles. The highest BCUT2D eigenvalue weighted by Crippen LogP contribution is 2.28. The number of hydrogen-bond acceptors (Lipinski definition) is 7. The van der Waals surface area contributed by atoms with E-state index >= 15 is 0 Å². The number of anilines is 2. The number of methoxy groups -OCH3 is 1. The third-order valence-corrected chi connectivity index (χ3v) is 3.77. The number of ether oxygens (including phenoxy) is 1. The number of imidazole rings is 1. The number of fused-ring (bicyclic) bond motifs is 2. The Bertz CT molecular complexity index is 1010. The fraction of sp³-hybridized carbons (Fsp3) is 0.188. The molecule has 8 heteroatoms. The van der Waals surface area contributed by atoms with Crippen molar-refractivity contribution in [1.29, 1.82) is 0 Å². The smallest absolute Gasteiger partial charge is 0.174 e. The number of nitrogens with zero attached hydrogens (tertiary/aromatic N) is 4. The Kier molecular flexibility index (Phi) is 3.51. The highest BCUT2D eigenvalue weighted by Gasteiger charge is 2.11. The predicted octanol–water partition coefficient (Wildman–Crippen LogP) is 2.18. The van der Waals surface area contributed by atoms with Crippen LogP contribution in [0.2, 0.25) is 0 Å². The van der Waals surface area contributed by atoms with Gasteiger partial charge in [0.05, 0.1) is 23.9 Å². The normalized spacial score (nSPS) is 11.4. The summed E-state index contributed by atoms with van der Waals surface area (Å²) in [6, 6.07) is 9.51. The van der Waals surface area contributed by atoms with Crippen LogP contribution in [0.3, 0.4) is 0 Å². The van der Waals surface area contributed by atoms with Crippen LogP contribution in [0.25, 0.3) is 27.9 Å². The zero-order valence-electron chi connectivity index (χ0n) is 13.1. The van der Waals surface area contributed by atoms with Crippen LogP contribution in [0.1, 0.15) is 0 Å². The van der Waals surface area contributed by atoms with Crippen molar-refractivity contribution in [2.24, 2.45) is 0 Å². The van der Waals surface area contributed by atoms with Gasteiger partial charge in [-0.1, -0.05) is 5.16 Å². The second-order valence-electron chi connectivity index (χ2n) is 5.33. The van der Waals surface area contributed by atoms with Crippen LogP contribution in [-0.2, 0) is 4.74 Å². The average molecular weight is 324 g/mol. The molecule has 0 spiro atoms. The summed E-state index contributed by atoms with van der Waals surface area (Å²) in [5.41, 5.74) is 9.06. The van der Waals surface area contributed by atoms with Crippen molar-refractivity contribution in [3.63, 3.8) is 0 Å². The molecule has 4 aromatic rings. The molecule has 0 radical (unpaired) electrons. The monoisotopic (exact) mass is 324 g/mol. The Balaban J connectivity index is 1.76. The molecule has 3 N–H and O–H groups in total. The van der Waals surface area contributed by atoms with Crippen molar-refractivity contribution < 1.29 is 9.26 Å². The van der Waals surface area contributed by atoms with E-state index in [9.17, 15) is 0 Å². The van der Waals surface area contributed by atoms with Gasteiger partial charge >= 0.3 is 0 Å². The third-order valence-electron chi connectivity index (χ3n) is 3.77. The lowest BCUT2D eigenvalue weighted by atomic mass is 10.1. The molecule has 0 bridgehead atoms. The number of nitrogens with one attached hydrogen (secondary N) is 1. The first kappa shape index (κ1) is 14.5. The molecule has 122 valence electrons. The van der Waals surface area contributed by atoms with Crippen LogP contribution in [-0.4, -0.2) is 40.0 Å². The van der Waals surface area contributed by atoms with Crippen LogP contribution in [0.4, 0.5) is 11.6 Å². The maximum absolute atomic E-state index is 5.84. The summed E-state index contributed by atoms with van der Waals surface area (Å²) < 4.78 is 12.0. The first-order valence-electron chi connectivity index (χ1n) is 7.49. The van der Waals surface area contributed by atoms with E-state index in [4.69, 9.17) is 15.0 Å². The van der Waals surface area contributed by atoms with E-state index in [1.165, 1.54) is 0 Å². The molecule has 0 atom stereocenters. The first-order chi connectivity index (χ1) is 11.8. The maximum Gasteiger partial charge on any atom is 0.174 e. The van der Waals surface area contributed by atoms with Crippen LogP contribution in [0.15, 0.2) is 41.1 Å². The van der Waals surface area contributed by atoms with Gasteiger partial charge in [0.15, 0.2) is 17.0 Å². The molecule has 3 heterocycles. The molecule has 0 aliphatic rings. The van der Waals surface area contributed by atoms with Gasteiger partial charge in [0.1, 0.15) is 5.82 Å². The number of nitrogen functional groups attached to an aromatic ring is 1. The van der Waals surface area contributed by atoms with Crippen molar-refractivity contribution in [1.82, 2.24) is 19.8 Å². The van der Waals surface area contributed by atoms with E-state index in [1.54, 1.807) is 17.8 Å². The molecule has 0 unspecified atom stereocenters. The zero-order chi connectivity index (χ0) is 16.5. The van der Waals surface area contributed by atoms with E-state index in [1.807, 2.05) is 30.3 Å². The second kappa shape index (κ2) is 5.82. The highest BCUT2D eigenvalue weighted by molar-refractivity contribution is 5.90. The van der Waals surface area contributed by atoms with E-state index in [-0.39, 0.29) is 0 Å². The molecular formula is C16H16N6O2. The van der Waals surface area contributed by atoms with Gasteiger partial charge < -0.3 is 20.3 Å². The molecule has 3 aromatic heterocycles. The average Bonchev–Trinajstić information content (AvgIpc) is 3.18. The summed E-state index contributed by atoms with van der Waals surface area (Å²) >= 11 is 0. The molecule has 1 aromatic carbocycles. The summed E-state index contributed by atoms with van der Waals surface area (Å²) in [5, 5.41) is 12.4. The van der Waals surface area contributed by atoms with Gasteiger partial charge in [-0.25, -0.2) is 9.50 Å². The molecule has 8 nitrogen and oxygen atoms in total. The zero-order valence-corrected chi connectivity index (χ0v) is 13.1. The molecule has 0 saturated carbocycles. The molecular weight excluding hydrogens is 308 g/mol. The molecule has 0 fully saturated rings. The minimum atomic E-state index is 0.371. The predicted molar refractivity (Wildman–Crippen MR) is 90.8 cm³/mol. The standard InChI is InChI=1S/C16H16N6O2/c1-23-7-6-18-14-4-5-15-19-9-12(22(15)20-14)10-2-3-13-11(8-10)16(17)21-24-13/h2-5,8-9H,6-7H2,1H3,(H2,17,21)(H,18,20). The summed E-state index contributed by atoms with van der Waals surface area (Å²) in [5.74, 6) is 1.12. The lowest BCUT2D eigenvalue weighted by Crippen LogP contribution is -2.10. The second-order valence-corrected chi connectivity index (χ2v) is 5.33. The Labute approximate surface area is 137 Å². The summed E-state index contributed by atoms with van der Waals surface area (Å²) in [7, 11) is 1.67. The van der Waals surface area contributed by atoms with Gasteiger partial charge in [-0.05, 0) is 30.3 Å². The number of hydrogen-bond donors (Lipinski definition) is 2. The van der Waals surface area contributed by atoms with Gasteiger partial charge in [-0.3, -0.25) is 0 Å². The van der Waals surface area contributed by atoms with E-state index in [0.29, 0.717) is 24.6 Å². The van der Waals surface area contributed by atoms with Crippen molar-refractivity contribution in [3.05, 3.63) is 36.5 Å². The van der Waals surface area contributed by atoms with Gasteiger partial charge in [-0.15, -0.1) is 5.10 Å². The van der Waals surface area contributed by atoms with Crippen molar-refractivity contribution in [2.45, 2.75) is 0 Å². The topological polar surface area (TPSA) is 104 Å². The van der Waals surface area contributed by atoms with Crippen LogP contribution in [0, 0.1) is 0 Å². The van der Waals surface area contributed by atoms with Gasteiger partial charge in [0.2, 0.25) is 0 Å². The number of nitrogens with two attached hydrogens (primary N) is 1. The first-order valence-corrected chi connectivity index (χ1v) is 7.49. The molecule has 0 amide bonds. The number of rotatable bonds is 5. The minimum absolute atomic E-state index is 0.371. The van der Waals surface area contributed by atoms with Gasteiger partial charge in [0, 0.05) is 19.2 Å². The summed E-state index contributed by atoms with van der Waals surface area (Å²) in [6.07, 6.45) is 1.78. The third kappa shape index (κ3) is 2.42. The number of aromatic nitrogens is 4. The quantitative estimate of drug-likeness (QED) is 0.542. The molecule has 0 saturated heterocycles. The summed E-state index contributed by atoms with van der Waals surface area (Å²) in [6.45, 7) is 1.29. The Morgan fingerprint density at radius 2 is 2.21 bits per heavy atom. The Hall–Kier alpha value is -3.13. The Morgan fingerprint density at radius 3 is 3.08 bits per heavy atom. The molecule has 0 aliphatic heterocycles. The summed E-state index contributed by atoms with van der Waals surface area (Å²) in [4.78, 5) is 4.40. The van der Waals surface area contributed by atoms with Gasteiger partial charge in [-0.2, -0.15) is 0 Å². The Morgan fingerprint density at radius 1 is 1.29 bits per heavy atom. The van der Waals surface area contributed by atoms with Gasteiger partial charge in [0.25, 0.3) is 0 Å². The maximum atomic E-state index is 5.84. The van der Waals surface area contributed by atoms with E-state index in [0.717, 1.165) is 28.1 Å². The molecule has 24 heavy (non-hydrogen) atoms. The van der Waals surface area contributed by atoms with Crippen molar-refractivity contribution in [3.8, 4) is 11.3 Å². The lowest BCUT2D eigenvalue weighted by molar-refractivity contribution is 0.210. The molecule has 4 rings (SSSR count). The minimum Gasteiger partial charge on any atom is -0.383 e. The largest absolute Gasteiger partial charge is 0.383 e. The lowest BCUT2D eigenvalue weighted by Gasteiger charge is -2.06. The number of benzene rings is 1.